The molecule has 204 valence electrons. The highest BCUT2D eigenvalue weighted by Gasteiger charge is 2.31. The van der Waals surface area contributed by atoms with E-state index < -0.39 is 15.9 Å². The van der Waals surface area contributed by atoms with Crippen LogP contribution in [0.4, 0.5) is 33.6 Å². The minimum absolute atomic E-state index is 0.00646. The molecule has 0 radical (unpaired) electrons. The molecule has 0 saturated carbocycles. The quantitative estimate of drug-likeness (QED) is 0.469. The molecule has 0 spiro atoms. The van der Waals surface area contributed by atoms with Crippen LogP contribution >= 0.6 is 0 Å². The van der Waals surface area contributed by atoms with E-state index in [1.165, 1.54) is 28.1 Å². The number of sulfone groups is 1. The molecule has 4 rings (SSSR count). The Kier molecular flexibility index (Phi) is 7.44. The van der Waals surface area contributed by atoms with E-state index in [9.17, 15) is 22.8 Å². The molecule has 2 aromatic rings. The predicted molar refractivity (Wildman–Crippen MR) is 142 cm³/mol. The summed E-state index contributed by atoms with van der Waals surface area (Å²) >= 11 is 0. The molecule has 0 unspecified atom stereocenters. The maximum atomic E-state index is 12.7. The Labute approximate surface area is 220 Å². The first-order valence-corrected chi connectivity index (χ1v) is 14.0. The average Bonchev–Trinajstić information content (AvgIpc) is 3.29. The fraction of sp³-hybridized carbons (Fsp3) is 0.458. The molecule has 1 atom stereocenters. The van der Waals surface area contributed by atoms with Gasteiger partial charge in [0.1, 0.15) is 5.69 Å². The molecular weight excluding hydrogens is 514 g/mol. The maximum Gasteiger partial charge on any atom is 0.407 e. The number of benzene rings is 1. The number of carbonyl (C=O) groups excluding carboxylic acids is 2. The molecule has 3 N–H and O–H groups in total. The third-order valence-corrected chi connectivity index (χ3v) is 7.68. The number of carbonyl (C=O) groups is 3. The van der Waals surface area contributed by atoms with Crippen molar-refractivity contribution in [1.29, 1.82) is 0 Å². The normalized spacial score (nSPS) is 17.6. The zero-order valence-electron chi connectivity index (χ0n) is 21.6. The number of hydrogen-bond acceptors (Lipinski definition) is 9. The van der Waals surface area contributed by atoms with Gasteiger partial charge in [-0.15, -0.1) is 0 Å². The Morgan fingerprint density at radius 1 is 1.21 bits per heavy atom. The highest BCUT2D eigenvalue weighted by molar-refractivity contribution is 7.90. The van der Waals surface area contributed by atoms with Gasteiger partial charge in [0.15, 0.2) is 15.7 Å². The van der Waals surface area contributed by atoms with Crippen LogP contribution in [0.3, 0.4) is 0 Å². The summed E-state index contributed by atoms with van der Waals surface area (Å²) in [6, 6.07) is 4.37. The Bertz CT molecular complexity index is 1380. The van der Waals surface area contributed by atoms with Gasteiger partial charge in [-0.2, -0.15) is 4.98 Å². The van der Waals surface area contributed by atoms with E-state index in [1.54, 1.807) is 13.1 Å². The molecular formula is C24H31N7O6S. The number of amides is 3. The molecule has 1 aromatic carbocycles. The highest BCUT2D eigenvalue weighted by Crippen LogP contribution is 2.33. The van der Waals surface area contributed by atoms with Gasteiger partial charge >= 0.3 is 6.09 Å². The lowest BCUT2D eigenvalue weighted by Crippen LogP contribution is -2.47. The van der Waals surface area contributed by atoms with Crippen LogP contribution in [0.1, 0.15) is 26.7 Å². The summed E-state index contributed by atoms with van der Waals surface area (Å²) in [6.45, 7) is 4.73. The van der Waals surface area contributed by atoms with Crippen LogP contribution in [-0.2, 0) is 19.4 Å². The Balaban J connectivity index is 1.57. The van der Waals surface area contributed by atoms with Gasteiger partial charge in [0.05, 0.1) is 17.6 Å². The van der Waals surface area contributed by atoms with E-state index in [4.69, 9.17) is 5.11 Å². The van der Waals surface area contributed by atoms with Gasteiger partial charge in [0, 0.05) is 50.2 Å². The second-order valence-corrected chi connectivity index (χ2v) is 11.9. The van der Waals surface area contributed by atoms with Crippen LogP contribution < -0.4 is 20.4 Å². The average molecular weight is 546 g/mol. The third-order valence-electron chi connectivity index (χ3n) is 6.59. The van der Waals surface area contributed by atoms with Crippen molar-refractivity contribution in [3.63, 3.8) is 0 Å². The second-order valence-electron chi connectivity index (χ2n) is 9.86. The summed E-state index contributed by atoms with van der Waals surface area (Å²) in [6.07, 6.45) is 2.28. The van der Waals surface area contributed by atoms with Crippen LogP contribution in [0, 0.1) is 5.92 Å². The molecule has 0 aliphatic carbocycles. The zero-order valence-corrected chi connectivity index (χ0v) is 22.4. The predicted octanol–water partition coefficient (Wildman–Crippen LogP) is 2.14. The fourth-order valence-electron chi connectivity index (χ4n) is 4.50. The number of anilines is 5. The number of aromatic nitrogens is 2. The molecule has 3 amide bonds. The van der Waals surface area contributed by atoms with Crippen molar-refractivity contribution in [1.82, 2.24) is 14.9 Å². The van der Waals surface area contributed by atoms with Crippen molar-refractivity contribution in [3.8, 4) is 0 Å². The molecule has 3 heterocycles. The molecule has 38 heavy (non-hydrogen) atoms. The van der Waals surface area contributed by atoms with Crippen molar-refractivity contribution in [2.45, 2.75) is 37.6 Å². The Morgan fingerprint density at radius 3 is 2.55 bits per heavy atom. The van der Waals surface area contributed by atoms with E-state index in [0.29, 0.717) is 30.2 Å². The number of likely N-dealkylation sites (tertiary alicyclic amines) is 1. The summed E-state index contributed by atoms with van der Waals surface area (Å²) in [4.78, 5) is 49.7. The zero-order chi connectivity index (χ0) is 27.8. The number of fused-ring (bicyclic) bond motifs is 1. The first-order valence-electron chi connectivity index (χ1n) is 12.1. The van der Waals surface area contributed by atoms with Gasteiger partial charge < -0.3 is 30.4 Å². The van der Waals surface area contributed by atoms with E-state index in [2.05, 4.69) is 20.6 Å². The van der Waals surface area contributed by atoms with Crippen molar-refractivity contribution in [2.75, 3.05) is 53.4 Å². The second kappa shape index (κ2) is 10.4. The number of carboxylic acid groups (broad SMARTS) is 1. The van der Waals surface area contributed by atoms with E-state index in [-0.39, 0.29) is 59.8 Å². The summed E-state index contributed by atoms with van der Waals surface area (Å²) in [5.74, 6) is 0.230. The largest absolute Gasteiger partial charge is 0.465 e. The topological polar surface area (TPSA) is 165 Å². The van der Waals surface area contributed by atoms with Crippen molar-refractivity contribution < 1.29 is 27.9 Å². The smallest absolute Gasteiger partial charge is 0.407 e. The molecule has 14 heteroatoms. The number of hydrogen-bond donors (Lipinski definition) is 3. The summed E-state index contributed by atoms with van der Waals surface area (Å²) in [7, 11) is -1.96. The molecule has 1 aromatic heterocycles. The van der Waals surface area contributed by atoms with Gasteiger partial charge in [-0.3, -0.25) is 9.59 Å². The number of likely N-dealkylation sites (N-methyl/N-ethyl adjacent to an activating group) is 1. The van der Waals surface area contributed by atoms with Crippen LogP contribution in [-0.4, -0.2) is 85.3 Å². The van der Waals surface area contributed by atoms with Crippen LogP contribution in [0.5, 0.6) is 0 Å². The Hall–Kier alpha value is -3.94. The standard InChI is InChI=1S/C24H31N7O6S/c1-14(2)31-13-21(33)29(3)19-11-25-23(28-22(19)31)27-17-8-16(9-18(10-17)38(4,36)37)26-20(32)7-15-5-6-30(12-15)24(34)35/h8-11,14-15H,5-7,12-13H2,1-4H3,(H,26,32)(H,34,35)(H,25,27,28)/t15-/m0/s1. The molecule has 2 aliphatic heterocycles. The van der Waals surface area contributed by atoms with Crippen LogP contribution in [0.2, 0.25) is 0 Å². The van der Waals surface area contributed by atoms with Crippen LogP contribution in [0.15, 0.2) is 29.3 Å². The minimum Gasteiger partial charge on any atom is -0.465 e. The van der Waals surface area contributed by atoms with E-state index in [1.807, 2.05) is 18.7 Å². The van der Waals surface area contributed by atoms with Crippen molar-refractivity contribution >= 4 is 56.6 Å². The minimum atomic E-state index is -3.62. The van der Waals surface area contributed by atoms with Gasteiger partial charge in [-0.1, -0.05) is 0 Å². The van der Waals surface area contributed by atoms with Crippen LogP contribution in [0.25, 0.3) is 0 Å². The maximum absolute atomic E-state index is 12.7. The third kappa shape index (κ3) is 5.96. The van der Waals surface area contributed by atoms with Gasteiger partial charge in [-0.25, -0.2) is 18.2 Å². The number of rotatable bonds is 7. The number of nitrogens with zero attached hydrogens (tertiary/aromatic N) is 5. The van der Waals surface area contributed by atoms with Crippen molar-refractivity contribution in [3.05, 3.63) is 24.4 Å². The first kappa shape index (κ1) is 27.1. The first-order chi connectivity index (χ1) is 17.8. The molecule has 13 nitrogen and oxygen atoms in total. The lowest BCUT2D eigenvalue weighted by atomic mass is 10.0. The SMILES string of the molecule is CC(C)N1CC(=O)N(C)c2cnc(Nc3cc(NC(=O)C[C@@H]4CCN(C(=O)O)C4)cc(S(C)(=O)=O)c3)nc21. The fourth-order valence-corrected chi connectivity index (χ4v) is 5.18. The van der Waals surface area contributed by atoms with E-state index >= 15 is 0 Å². The molecule has 1 saturated heterocycles. The van der Waals surface area contributed by atoms with Gasteiger partial charge in [0.25, 0.3) is 0 Å². The lowest BCUT2D eigenvalue weighted by molar-refractivity contribution is -0.118. The van der Waals surface area contributed by atoms with E-state index in [0.717, 1.165) is 6.26 Å². The molecule has 2 aliphatic rings. The Morgan fingerprint density at radius 2 is 1.92 bits per heavy atom. The number of nitrogens with one attached hydrogen (secondary N) is 2. The van der Waals surface area contributed by atoms with Gasteiger partial charge in [0.2, 0.25) is 17.8 Å². The molecule has 0 bridgehead atoms. The summed E-state index contributed by atoms with van der Waals surface area (Å²) in [5, 5.41) is 14.9. The van der Waals surface area contributed by atoms with Gasteiger partial charge in [-0.05, 0) is 44.4 Å². The monoisotopic (exact) mass is 545 g/mol. The van der Waals surface area contributed by atoms with Crippen molar-refractivity contribution in [2.24, 2.45) is 5.92 Å². The molecule has 1 fully saturated rings. The lowest BCUT2D eigenvalue weighted by Gasteiger charge is -2.36. The summed E-state index contributed by atoms with van der Waals surface area (Å²) in [5.41, 5.74) is 1.17. The highest BCUT2D eigenvalue weighted by atomic mass is 32.2. The summed E-state index contributed by atoms with van der Waals surface area (Å²) < 4.78 is 24.7.